The fourth-order valence-electron chi connectivity index (χ4n) is 3.93. The maximum Gasteiger partial charge on any atom is 0.338 e. The van der Waals surface area contributed by atoms with E-state index < -0.39 is 0 Å². The zero-order valence-corrected chi connectivity index (χ0v) is 14.7. The van der Waals surface area contributed by atoms with Gasteiger partial charge in [-0.3, -0.25) is 4.90 Å². The van der Waals surface area contributed by atoms with Gasteiger partial charge >= 0.3 is 5.97 Å². The number of fused-ring (bicyclic) bond motifs is 2. The molecule has 0 aliphatic carbocycles. The Morgan fingerprint density at radius 3 is 2.21 bits per heavy atom. The molecule has 2 bridgehead atoms. The molecule has 0 spiro atoms. The summed E-state index contributed by atoms with van der Waals surface area (Å²) in [4.78, 5) is 15.0. The number of esters is 1. The second-order valence-corrected chi connectivity index (χ2v) is 6.40. The van der Waals surface area contributed by atoms with Crippen LogP contribution in [-0.4, -0.2) is 57.4 Å². The second-order valence-electron chi connectivity index (χ2n) is 6.40. The highest BCUT2D eigenvalue weighted by atomic mass is 16.5. The molecule has 2 fully saturated rings. The molecule has 0 radical (unpaired) electrons. The van der Waals surface area contributed by atoms with Gasteiger partial charge in [0.1, 0.15) is 6.10 Å². The minimum Gasteiger partial charge on any atom is -0.493 e. The van der Waals surface area contributed by atoms with E-state index in [1.165, 1.54) is 27.8 Å². The van der Waals surface area contributed by atoms with Crippen molar-refractivity contribution in [3.63, 3.8) is 0 Å². The topological polar surface area (TPSA) is 57.2 Å². The molecular formula is C18H25NO5. The normalized spacial score (nSPS) is 26.1. The van der Waals surface area contributed by atoms with Crippen molar-refractivity contribution >= 4 is 5.97 Å². The zero-order valence-electron chi connectivity index (χ0n) is 14.7. The van der Waals surface area contributed by atoms with Gasteiger partial charge in [0.15, 0.2) is 11.5 Å². The quantitative estimate of drug-likeness (QED) is 0.771. The Kier molecular flexibility index (Phi) is 4.85. The van der Waals surface area contributed by atoms with E-state index in [9.17, 15) is 4.79 Å². The fourth-order valence-corrected chi connectivity index (χ4v) is 3.93. The SMILES string of the molecule is COc1cc(C(=O)O[C@H]2CCC3CCC2N3C)cc(OC)c1OC. The third kappa shape index (κ3) is 2.90. The maximum atomic E-state index is 12.6. The lowest BCUT2D eigenvalue weighted by atomic mass is 10.0. The molecule has 0 saturated carbocycles. The van der Waals surface area contributed by atoms with Gasteiger partial charge in [0.05, 0.1) is 26.9 Å². The smallest absolute Gasteiger partial charge is 0.338 e. The van der Waals surface area contributed by atoms with Gasteiger partial charge in [-0.15, -0.1) is 0 Å². The number of ether oxygens (including phenoxy) is 4. The minimum atomic E-state index is -0.349. The van der Waals surface area contributed by atoms with Crippen molar-refractivity contribution in [3.05, 3.63) is 17.7 Å². The van der Waals surface area contributed by atoms with Gasteiger partial charge in [-0.1, -0.05) is 0 Å². The number of rotatable bonds is 5. The summed E-state index contributed by atoms with van der Waals surface area (Å²) in [6, 6.07) is 4.24. The Labute approximate surface area is 142 Å². The third-order valence-corrected chi connectivity index (χ3v) is 5.27. The molecule has 6 nitrogen and oxygen atoms in total. The van der Waals surface area contributed by atoms with E-state index in [1.54, 1.807) is 12.1 Å². The molecule has 132 valence electrons. The summed E-state index contributed by atoms with van der Waals surface area (Å²) in [6.45, 7) is 0. The van der Waals surface area contributed by atoms with Crippen molar-refractivity contribution in [3.8, 4) is 17.2 Å². The Hall–Kier alpha value is -1.95. The first-order chi connectivity index (χ1) is 11.6. The number of nitrogens with zero attached hydrogens (tertiary/aromatic N) is 1. The molecule has 2 aliphatic heterocycles. The van der Waals surface area contributed by atoms with Crippen LogP contribution in [0.5, 0.6) is 17.2 Å². The van der Waals surface area contributed by atoms with Gasteiger partial charge in [0.25, 0.3) is 0 Å². The number of piperidine rings is 1. The van der Waals surface area contributed by atoms with E-state index in [4.69, 9.17) is 18.9 Å². The molecule has 0 N–H and O–H groups in total. The van der Waals surface area contributed by atoms with Crippen molar-refractivity contribution in [2.45, 2.75) is 43.9 Å². The number of carbonyl (C=O) groups excluding carboxylic acids is 1. The van der Waals surface area contributed by atoms with E-state index in [1.807, 2.05) is 0 Å². The minimum absolute atomic E-state index is 0.0552. The lowest BCUT2D eigenvalue weighted by molar-refractivity contribution is -0.0130. The average Bonchev–Trinajstić information content (AvgIpc) is 2.83. The van der Waals surface area contributed by atoms with E-state index in [2.05, 4.69) is 11.9 Å². The van der Waals surface area contributed by atoms with Crippen LogP contribution in [0.1, 0.15) is 36.0 Å². The van der Waals surface area contributed by atoms with Crippen LogP contribution in [0.2, 0.25) is 0 Å². The van der Waals surface area contributed by atoms with E-state index in [-0.39, 0.29) is 12.1 Å². The molecule has 3 rings (SSSR count). The maximum absolute atomic E-state index is 12.6. The Bertz CT molecular complexity index is 592. The molecule has 2 heterocycles. The van der Waals surface area contributed by atoms with Crippen LogP contribution >= 0.6 is 0 Å². The molecule has 6 heteroatoms. The fraction of sp³-hybridized carbons (Fsp3) is 0.611. The van der Waals surface area contributed by atoms with Crippen LogP contribution in [-0.2, 0) is 4.74 Å². The summed E-state index contributed by atoms with van der Waals surface area (Å²) in [5, 5.41) is 0. The summed E-state index contributed by atoms with van der Waals surface area (Å²) in [5.74, 6) is 1.02. The molecule has 2 aliphatic rings. The van der Waals surface area contributed by atoms with Crippen LogP contribution in [0.4, 0.5) is 0 Å². The third-order valence-electron chi connectivity index (χ3n) is 5.27. The molecule has 3 atom stereocenters. The molecule has 24 heavy (non-hydrogen) atoms. The monoisotopic (exact) mass is 335 g/mol. The number of hydrogen-bond acceptors (Lipinski definition) is 6. The van der Waals surface area contributed by atoms with Crippen LogP contribution in [0.15, 0.2) is 12.1 Å². The molecule has 2 unspecified atom stereocenters. The first kappa shape index (κ1) is 16.9. The van der Waals surface area contributed by atoms with Gasteiger partial charge in [-0.2, -0.15) is 0 Å². The van der Waals surface area contributed by atoms with E-state index >= 15 is 0 Å². The van der Waals surface area contributed by atoms with Crippen molar-refractivity contribution in [1.82, 2.24) is 4.90 Å². The van der Waals surface area contributed by atoms with Crippen molar-refractivity contribution in [2.24, 2.45) is 0 Å². The molecule has 1 aromatic rings. The summed E-state index contributed by atoms with van der Waals surface area (Å²) < 4.78 is 21.7. The summed E-state index contributed by atoms with van der Waals surface area (Å²) in [6.07, 6.45) is 4.24. The Morgan fingerprint density at radius 2 is 1.62 bits per heavy atom. The highest BCUT2D eigenvalue weighted by Gasteiger charge is 2.42. The molecular weight excluding hydrogens is 310 g/mol. The first-order valence-electron chi connectivity index (χ1n) is 8.32. The van der Waals surface area contributed by atoms with Gasteiger partial charge in [0, 0.05) is 12.1 Å². The van der Waals surface area contributed by atoms with Crippen LogP contribution in [0, 0.1) is 0 Å². The molecule has 0 amide bonds. The van der Waals surface area contributed by atoms with Gasteiger partial charge < -0.3 is 18.9 Å². The molecule has 2 saturated heterocycles. The first-order valence-corrected chi connectivity index (χ1v) is 8.32. The lowest BCUT2D eigenvalue weighted by Gasteiger charge is -2.36. The predicted molar refractivity (Wildman–Crippen MR) is 89.1 cm³/mol. The summed E-state index contributed by atoms with van der Waals surface area (Å²) in [5.41, 5.74) is 0.410. The Morgan fingerprint density at radius 1 is 1.00 bits per heavy atom. The molecule has 0 aromatic heterocycles. The Balaban J connectivity index is 1.80. The number of likely N-dealkylation sites (N-methyl/N-ethyl adjacent to an activating group) is 1. The van der Waals surface area contributed by atoms with Gasteiger partial charge in [0.2, 0.25) is 5.75 Å². The summed E-state index contributed by atoms with van der Waals surface area (Å²) >= 11 is 0. The highest BCUT2D eigenvalue weighted by molar-refractivity contribution is 5.91. The van der Waals surface area contributed by atoms with Crippen LogP contribution in [0.3, 0.4) is 0 Å². The van der Waals surface area contributed by atoms with E-state index in [0.29, 0.717) is 34.9 Å². The predicted octanol–water partition coefficient (Wildman–Crippen LogP) is 2.49. The lowest BCUT2D eigenvalue weighted by Crippen LogP contribution is -2.46. The van der Waals surface area contributed by atoms with E-state index in [0.717, 1.165) is 19.3 Å². The number of benzene rings is 1. The summed E-state index contributed by atoms with van der Waals surface area (Å²) in [7, 11) is 6.72. The number of carbonyl (C=O) groups is 1. The van der Waals surface area contributed by atoms with Crippen LogP contribution < -0.4 is 14.2 Å². The second kappa shape index (κ2) is 6.89. The zero-order chi connectivity index (χ0) is 17.3. The molecule has 1 aromatic carbocycles. The average molecular weight is 335 g/mol. The highest BCUT2D eigenvalue weighted by Crippen LogP contribution is 2.39. The van der Waals surface area contributed by atoms with Gasteiger partial charge in [-0.05, 0) is 44.9 Å². The van der Waals surface area contributed by atoms with Crippen molar-refractivity contribution in [1.29, 1.82) is 0 Å². The number of hydrogen-bond donors (Lipinski definition) is 0. The van der Waals surface area contributed by atoms with Gasteiger partial charge in [-0.25, -0.2) is 4.79 Å². The largest absolute Gasteiger partial charge is 0.493 e. The number of methoxy groups -OCH3 is 3. The standard InChI is InChI=1S/C18H25NO5/c1-19-12-5-7-13(19)14(8-6-12)24-18(20)11-9-15(21-2)17(23-4)16(10-11)22-3/h9-10,12-14H,5-8H2,1-4H3/t12?,13?,14-/m0/s1. The van der Waals surface area contributed by atoms with Crippen LogP contribution in [0.25, 0.3) is 0 Å². The van der Waals surface area contributed by atoms with Crippen molar-refractivity contribution in [2.75, 3.05) is 28.4 Å². The van der Waals surface area contributed by atoms with Crippen molar-refractivity contribution < 1.29 is 23.7 Å².